The molecule has 1 heterocycles. The summed E-state index contributed by atoms with van der Waals surface area (Å²) in [6, 6.07) is 13.4. The zero-order chi connectivity index (χ0) is 18.6. The topological polar surface area (TPSA) is 92.5 Å². The third kappa shape index (κ3) is 5.22. The van der Waals surface area contributed by atoms with Crippen LogP contribution in [0.3, 0.4) is 0 Å². The molecule has 0 atom stereocenters. The standard InChI is InChI=1S/C19H23N3O3S.ClH/c20-17-8-6-16(7-9-17)19(23)21-14-15-4-10-18(11-5-15)26(24,25)22-12-2-1-3-13-22;/h4-11H,1-3,12-14,20H2,(H,21,23);1H. The largest absolute Gasteiger partial charge is 0.399 e. The van der Waals surface area contributed by atoms with Crippen molar-refractivity contribution in [1.82, 2.24) is 9.62 Å². The highest BCUT2D eigenvalue weighted by molar-refractivity contribution is 7.89. The molecular weight excluding hydrogens is 386 g/mol. The summed E-state index contributed by atoms with van der Waals surface area (Å²) in [5.74, 6) is -0.199. The molecule has 0 aliphatic carbocycles. The van der Waals surface area contributed by atoms with Crippen LogP contribution in [0.15, 0.2) is 53.4 Å². The first-order valence-corrected chi connectivity index (χ1v) is 10.1. The van der Waals surface area contributed by atoms with Gasteiger partial charge in [-0.05, 0) is 54.8 Å². The molecule has 1 amide bonds. The van der Waals surface area contributed by atoms with E-state index in [2.05, 4.69) is 5.32 Å². The van der Waals surface area contributed by atoms with Gasteiger partial charge >= 0.3 is 0 Å². The highest BCUT2D eigenvalue weighted by atomic mass is 35.5. The maximum absolute atomic E-state index is 12.6. The molecular formula is C19H24ClN3O3S. The van der Waals surface area contributed by atoms with Crippen LogP contribution in [-0.4, -0.2) is 31.7 Å². The second-order valence-corrected chi connectivity index (χ2v) is 8.35. The van der Waals surface area contributed by atoms with E-state index in [0.29, 0.717) is 35.8 Å². The average molecular weight is 410 g/mol. The maximum Gasteiger partial charge on any atom is 0.251 e. The van der Waals surface area contributed by atoms with Crippen molar-refractivity contribution in [2.45, 2.75) is 30.7 Å². The number of nitrogens with one attached hydrogen (secondary N) is 1. The first kappa shape index (κ1) is 21.2. The van der Waals surface area contributed by atoms with E-state index in [9.17, 15) is 13.2 Å². The number of nitrogen functional groups attached to an aromatic ring is 1. The van der Waals surface area contributed by atoms with Gasteiger partial charge in [-0.1, -0.05) is 18.6 Å². The fraction of sp³-hybridized carbons (Fsp3) is 0.316. The third-order valence-corrected chi connectivity index (χ3v) is 6.41. The summed E-state index contributed by atoms with van der Waals surface area (Å²) in [6.07, 6.45) is 2.90. The minimum absolute atomic E-state index is 0. The third-order valence-electron chi connectivity index (χ3n) is 4.50. The van der Waals surface area contributed by atoms with Crippen LogP contribution in [0.1, 0.15) is 35.2 Å². The summed E-state index contributed by atoms with van der Waals surface area (Å²) in [7, 11) is -3.42. The molecule has 1 fully saturated rings. The van der Waals surface area contributed by atoms with Crippen LogP contribution in [0.2, 0.25) is 0 Å². The number of halogens is 1. The molecule has 0 saturated carbocycles. The van der Waals surface area contributed by atoms with Gasteiger partial charge in [0.2, 0.25) is 10.0 Å². The normalized spacial score (nSPS) is 15.0. The van der Waals surface area contributed by atoms with Gasteiger partial charge in [-0.2, -0.15) is 4.31 Å². The number of sulfonamides is 1. The Balaban J connectivity index is 0.00000261. The summed E-state index contributed by atoms with van der Waals surface area (Å²) >= 11 is 0. The number of carbonyl (C=O) groups is 1. The second-order valence-electron chi connectivity index (χ2n) is 6.41. The number of nitrogens with zero attached hydrogens (tertiary/aromatic N) is 1. The summed E-state index contributed by atoms with van der Waals surface area (Å²) in [4.78, 5) is 12.4. The number of carbonyl (C=O) groups excluding carboxylic acids is 1. The zero-order valence-electron chi connectivity index (χ0n) is 14.9. The lowest BCUT2D eigenvalue weighted by molar-refractivity contribution is 0.0951. The molecule has 146 valence electrons. The number of benzene rings is 2. The van der Waals surface area contributed by atoms with Crippen LogP contribution in [-0.2, 0) is 16.6 Å². The summed E-state index contributed by atoms with van der Waals surface area (Å²) in [6.45, 7) is 1.50. The van der Waals surface area contributed by atoms with E-state index < -0.39 is 10.0 Å². The Bertz CT molecular complexity index is 862. The number of hydrogen-bond donors (Lipinski definition) is 2. The van der Waals surface area contributed by atoms with Crippen LogP contribution in [0.25, 0.3) is 0 Å². The van der Waals surface area contributed by atoms with Crippen molar-refractivity contribution in [3.05, 3.63) is 59.7 Å². The number of hydrogen-bond acceptors (Lipinski definition) is 4. The molecule has 27 heavy (non-hydrogen) atoms. The Kier molecular flexibility index (Phi) is 7.24. The van der Waals surface area contributed by atoms with Gasteiger partial charge in [-0.15, -0.1) is 12.4 Å². The lowest BCUT2D eigenvalue weighted by Crippen LogP contribution is -2.35. The van der Waals surface area contributed by atoms with Crippen molar-refractivity contribution in [3.63, 3.8) is 0 Å². The number of anilines is 1. The van der Waals surface area contributed by atoms with Crippen molar-refractivity contribution in [3.8, 4) is 0 Å². The van der Waals surface area contributed by atoms with Gasteiger partial charge in [-0.3, -0.25) is 4.79 Å². The lowest BCUT2D eigenvalue weighted by Gasteiger charge is -2.25. The molecule has 0 radical (unpaired) electrons. The molecule has 1 saturated heterocycles. The van der Waals surface area contributed by atoms with E-state index in [1.807, 2.05) is 0 Å². The molecule has 0 unspecified atom stereocenters. The monoisotopic (exact) mass is 409 g/mol. The van der Waals surface area contributed by atoms with Gasteiger partial charge in [0.25, 0.3) is 5.91 Å². The van der Waals surface area contributed by atoms with E-state index in [1.54, 1.807) is 52.8 Å². The number of nitrogens with two attached hydrogens (primary N) is 1. The quantitative estimate of drug-likeness (QED) is 0.742. The number of amides is 1. The molecule has 0 aromatic heterocycles. The highest BCUT2D eigenvalue weighted by Crippen LogP contribution is 2.20. The minimum Gasteiger partial charge on any atom is -0.399 e. The van der Waals surface area contributed by atoms with Gasteiger partial charge in [0.15, 0.2) is 0 Å². The highest BCUT2D eigenvalue weighted by Gasteiger charge is 2.25. The molecule has 2 aromatic carbocycles. The molecule has 0 spiro atoms. The maximum atomic E-state index is 12.6. The van der Waals surface area contributed by atoms with Crippen LogP contribution in [0, 0.1) is 0 Å². The van der Waals surface area contributed by atoms with Crippen LogP contribution in [0.5, 0.6) is 0 Å². The summed E-state index contributed by atoms with van der Waals surface area (Å²) in [5, 5.41) is 2.82. The fourth-order valence-electron chi connectivity index (χ4n) is 2.95. The van der Waals surface area contributed by atoms with Crippen molar-refractivity contribution in [2.75, 3.05) is 18.8 Å². The van der Waals surface area contributed by atoms with E-state index >= 15 is 0 Å². The van der Waals surface area contributed by atoms with Crippen molar-refractivity contribution < 1.29 is 13.2 Å². The van der Waals surface area contributed by atoms with Crippen LogP contribution >= 0.6 is 12.4 Å². The van der Waals surface area contributed by atoms with Gasteiger partial charge in [-0.25, -0.2) is 8.42 Å². The Morgan fingerprint density at radius 1 is 0.963 bits per heavy atom. The van der Waals surface area contributed by atoms with Crippen LogP contribution in [0.4, 0.5) is 5.69 Å². The molecule has 2 aromatic rings. The molecule has 1 aliphatic rings. The average Bonchev–Trinajstić information content (AvgIpc) is 2.67. The molecule has 1 aliphatic heterocycles. The van der Waals surface area contributed by atoms with Crippen molar-refractivity contribution in [1.29, 1.82) is 0 Å². The predicted molar refractivity (Wildman–Crippen MR) is 108 cm³/mol. The second kappa shape index (κ2) is 9.21. The predicted octanol–water partition coefficient (Wildman–Crippen LogP) is 2.80. The number of piperidine rings is 1. The minimum atomic E-state index is -3.42. The van der Waals surface area contributed by atoms with Gasteiger partial charge in [0.05, 0.1) is 4.90 Å². The van der Waals surface area contributed by atoms with Crippen LogP contribution < -0.4 is 11.1 Å². The van der Waals surface area contributed by atoms with Gasteiger partial charge < -0.3 is 11.1 Å². The fourth-order valence-corrected chi connectivity index (χ4v) is 4.47. The van der Waals surface area contributed by atoms with E-state index in [-0.39, 0.29) is 18.3 Å². The van der Waals surface area contributed by atoms with Crippen molar-refractivity contribution in [2.24, 2.45) is 0 Å². The molecule has 6 nitrogen and oxygen atoms in total. The van der Waals surface area contributed by atoms with Gasteiger partial charge in [0, 0.05) is 30.9 Å². The Hall–Kier alpha value is -2.09. The summed E-state index contributed by atoms with van der Waals surface area (Å²) in [5.41, 5.74) is 7.58. The molecule has 8 heteroatoms. The van der Waals surface area contributed by atoms with E-state index in [1.165, 1.54) is 0 Å². The Morgan fingerprint density at radius 2 is 1.56 bits per heavy atom. The summed E-state index contributed by atoms with van der Waals surface area (Å²) < 4.78 is 26.8. The SMILES string of the molecule is Cl.Nc1ccc(C(=O)NCc2ccc(S(=O)(=O)N3CCCCC3)cc2)cc1. The number of rotatable bonds is 5. The zero-order valence-corrected chi connectivity index (χ0v) is 16.6. The Labute approximate surface area is 166 Å². The van der Waals surface area contributed by atoms with E-state index in [0.717, 1.165) is 24.8 Å². The first-order valence-electron chi connectivity index (χ1n) is 8.70. The van der Waals surface area contributed by atoms with Gasteiger partial charge in [0.1, 0.15) is 0 Å². The van der Waals surface area contributed by atoms with Crippen molar-refractivity contribution >= 4 is 34.0 Å². The molecule has 3 rings (SSSR count). The lowest BCUT2D eigenvalue weighted by atomic mass is 10.2. The Morgan fingerprint density at radius 3 is 2.15 bits per heavy atom. The molecule has 3 N–H and O–H groups in total. The van der Waals surface area contributed by atoms with E-state index in [4.69, 9.17) is 5.73 Å². The smallest absolute Gasteiger partial charge is 0.251 e. The molecule has 0 bridgehead atoms. The first-order chi connectivity index (χ1) is 12.5.